The second kappa shape index (κ2) is 4.65. The minimum absolute atomic E-state index is 0.0353. The Morgan fingerprint density at radius 1 is 1.20 bits per heavy atom. The number of alkyl halides is 1. The van der Waals surface area contributed by atoms with Crippen LogP contribution in [0.4, 0.5) is 4.39 Å². The van der Waals surface area contributed by atoms with Gasteiger partial charge in [0.2, 0.25) is 0 Å². The van der Waals surface area contributed by atoms with E-state index in [9.17, 15) is 9.50 Å². The van der Waals surface area contributed by atoms with Crippen LogP contribution < -0.4 is 0 Å². The van der Waals surface area contributed by atoms with Gasteiger partial charge in [0.25, 0.3) is 0 Å². The maximum atomic E-state index is 13.0. The third kappa shape index (κ3) is 2.31. The Labute approximate surface area is 89.9 Å². The molecule has 0 radical (unpaired) electrons. The van der Waals surface area contributed by atoms with Crippen LogP contribution in [0.15, 0.2) is 24.3 Å². The molecule has 1 atom stereocenters. The Kier molecular flexibility index (Phi) is 3.24. The van der Waals surface area contributed by atoms with Crippen LogP contribution in [0, 0.1) is 5.92 Å². The fourth-order valence-electron chi connectivity index (χ4n) is 2.57. The molecule has 1 N–H and O–H groups in total. The van der Waals surface area contributed by atoms with Gasteiger partial charge in [-0.2, -0.15) is 0 Å². The molecule has 1 aliphatic carbocycles. The molecule has 0 spiro atoms. The highest BCUT2D eigenvalue weighted by molar-refractivity contribution is 5.29. The molecule has 1 aliphatic rings. The molecule has 0 heterocycles. The van der Waals surface area contributed by atoms with Crippen molar-refractivity contribution in [3.8, 4) is 5.75 Å². The van der Waals surface area contributed by atoms with Gasteiger partial charge in [-0.15, -0.1) is 0 Å². The van der Waals surface area contributed by atoms with Crippen molar-refractivity contribution < 1.29 is 9.50 Å². The highest BCUT2D eigenvalue weighted by Gasteiger charge is 2.26. The van der Waals surface area contributed by atoms with Crippen LogP contribution in [0.2, 0.25) is 0 Å². The van der Waals surface area contributed by atoms with E-state index in [0.717, 1.165) is 18.4 Å². The van der Waals surface area contributed by atoms with E-state index in [1.165, 1.54) is 12.8 Å². The van der Waals surface area contributed by atoms with Crippen molar-refractivity contribution in [1.82, 2.24) is 0 Å². The first-order chi connectivity index (χ1) is 7.31. The van der Waals surface area contributed by atoms with E-state index < -0.39 is 0 Å². The molecular formula is C13H17FO. The van der Waals surface area contributed by atoms with Crippen molar-refractivity contribution >= 4 is 0 Å². The van der Waals surface area contributed by atoms with Crippen LogP contribution in [-0.2, 0) is 0 Å². The second-order valence-electron chi connectivity index (χ2n) is 4.40. The number of hydrogen-bond acceptors (Lipinski definition) is 1. The maximum absolute atomic E-state index is 13.0. The van der Waals surface area contributed by atoms with Crippen LogP contribution in [0.5, 0.6) is 5.75 Å². The molecule has 1 saturated carbocycles. The summed E-state index contributed by atoms with van der Waals surface area (Å²) in [5, 5.41) is 9.18. The van der Waals surface area contributed by atoms with Gasteiger partial charge >= 0.3 is 0 Å². The van der Waals surface area contributed by atoms with Gasteiger partial charge in [-0.3, -0.25) is 4.39 Å². The third-order valence-electron chi connectivity index (χ3n) is 3.46. The SMILES string of the molecule is Oc1ccc(C(CF)C2CCCC2)cc1. The Balaban J connectivity index is 2.14. The number of halogens is 1. The van der Waals surface area contributed by atoms with Crippen LogP contribution in [0.3, 0.4) is 0 Å². The van der Waals surface area contributed by atoms with E-state index in [1.54, 1.807) is 12.1 Å². The zero-order valence-electron chi connectivity index (χ0n) is 8.82. The van der Waals surface area contributed by atoms with E-state index in [0.29, 0.717) is 5.92 Å². The van der Waals surface area contributed by atoms with Crippen molar-refractivity contribution in [1.29, 1.82) is 0 Å². The first-order valence-electron chi connectivity index (χ1n) is 5.66. The molecule has 2 rings (SSSR count). The van der Waals surface area contributed by atoms with Crippen LogP contribution in [0.25, 0.3) is 0 Å². The minimum Gasteiger partial charge on any atom is -0.508 e. The van der Waals surface area contributed by atoms with Gasteiger partial charge in [-0.05, 0) is 36.5 Å². The van der Waals surface area contributed by atoms with Crippen molar-refractivity contribution in [2.45, 2.75) is 31.6 Å². The van der Waals surface area contributed by atoms with Gasteiger partial charge < -0.3 is 5.11 Å². The molecule has 0 aliphatic heterocycles. The molecule has 0 amide bonds. The van der Waals surface area contributed by atoms with Gasteiger partial charge in [-0.1, -0.05) is 25.0 Å². The zero-order valence-corrected chi connectivity index (χ0v) is 8.82. The Bertz CT molecular complexity index is 301. The molecule has 0 bridgehead atoms. The highest BCUT2D eigenvalue weighted by Crippen LogP contribution is 2.37. The number of rotatable bonds is 3. The average Bonchev–Trinajstić information content (AvgIpc) is 2.75. The summed E-state index contributed by atoms with van der Waals surface area (Å²) in [5.74, 6) is 0.787. The summed E-state index contributed by atoms with van der Waals surface area (Å²) in [6.45, 7) is -0.282. The van der Waals surface area contributed by atoms with Gasteiger partial charge in [0.05, 0.1) is 6.67 Å². The summed E-state index contributed by atoms with van der Waals surface area (Å²) >= 11 is 0. The summed E-state index contributed by atoms with van der Waals surface area (Å²) in [7, 11) is 0. The molecule has 1 unspecified atom stereocenters. The maximum Gasteiger partial charge on any atom is 0.115 e. The van der Waals surface area contributed by atoms with Crippen LogP contribution in [0.1, 0.15) is 37.2 Å². The summed E-state index contributed by atoms with van der Waals surface area (Å²) in [6.07, 6.45) is 4.77. The number of hydrogen-bond donors (Lipinski definition) is 1. The topological polar surface area (TPSA) is 20.2 Å². The molecule has 1 fully saturated rings. The van der Waals surface area contributed by atoms with Gasteiger partial charge in [0, 0.05) is 5.92 Å². The summed E-state index contributed by atoms with van der Waals surface area (Å²) in [5.41, 5.74) is 1.03. The Morgan fingerprint density at radius 2 is 1.80 bits per heavy atom. The predicted octanol–water partition coefficient (Wildman–Crippen LogP) is 3.64. The van der Waals surface area contributed by atoms with Gasteiger partial charge in [0.1, 0.15) is 5.75 Å². The molecule has 82 valence electrons. The van der Waals surface area contributed by atoms with E-state index in [-0.39, 0.29) is 18.3 Å². The Morgan fingerprint density at radius 3 is 2.33 bits per heavy atom. The van der Waals surface area contributed by atoms with Crippen molar-refractivity contribution in [2.75, 3.05) is 6.67 Å². The molecule has 0 saturated heterocycles. The minimum atomic E-state index is -0.282. The normalized spacial score (nSPS) is 19.3. The van der Waals surface area contributed by atoms with Crippen molar-refractivity contribution in [3.63, 3.8) is 0 Å². The fourth-order valence-corrected chi connectivity index (χ4v) is 2.57. The Hall–Kier alpha value is -1.05. The number of aromatic hydroxyl groups is 1. The first-order valence-corrected chi connectivity index (χ1v) is 5.66. The van der Waals surface area contributed by atoms with Crippen LogP contribution >= 0.6 is 0 Å². The summed E-state index contributed by atoms with van der Waals surface area (Å²) < 4.78 is 13.0. The largest absolute Gasteiger partial charge is 0.508 e. The summed E-state index contributed by atoms with van der Waals surface area (Å²) in [6, 6.07) is 6.98. The number of benzene rings is 1. The smallest absolute Gasteiger partial charge is 0.115 e. The highest BCUT2D eigenvalue weighted by atomic mass is 19.1. The molecule has 0 aromatic heterocycles. The average molecular weight is 208 g/mol. The standard InChI is InChI=1S/C13H17FO/c14-9-13(10-3-1-2-4-10)11-5-7-12(15)8-6-11/h5-8,10,13,15H,1-4,9H2. The molecular weight excluding hydrogens is 191 g/mol. The number of phenolic OH excluding ortho intramolecular Hbond substituents is 1. The lowest BCUT2D eigenvalue weighted by molar-refractivity contribution is 0.336. The molecule has 15 heavy (non-hydrogen) atoms. The first kappa shape index (κ1) is 10.5. The molecule has 1 nitrogen and oxygen atoms in total. The van der Waals surface area contributed by atoms with E-state index in [1.807, 2.05) is 12.1 Å². The molecule has 1 aromatic rings. The lowest BCUT2D eigenvalue weighted by atomic mass is 9.86. The van der Waals surface area contributed by atoms with Crippen molar-refractivity contribution in [3.05, 3.63) is 29.8 Å². The predicted molar refractivity (Wildman–Crippen MR) is 58.8 cm³/mol. The van der Waals surface area contributed by atoms with Gasteiger partial charge in [0.15, 0.2) is 0 Å². The van der Waals surface area contributed by atoms with Crippen molar-refractivity contribution in [2.24, 2.45) is 5.92 Å². The molecule has 1 aromatic carbocycles. The second-order valence-corrected chi connectivity index (χ2v) is 4.40. The zero-order chi connectivity index (χ0) is 10.7. The van der Waals surface area contributed by atoms with E-state index in [2.05, 4.69) is 0 Å². The monoisotopic (exact) mass is 208 g/mol. The lowest BCUT2D eigenvalue weighted by Gasteiger charge is -2.20. The quantitative estimate of drug-likeness (QED) is 0.804. The fraction of sp³-hybridized carbons (Fsp3) is 0.538. The summed E-state index contributed by atoms with van der Waals surface area (Å²) in [4.78, 5) is 0. The lowest BCUT2D eigenvalue weighted by Crippen LogP contribution is -2.11. The van der Waals surface area contributed by atoms with Crippen LogP contribution in [-0.4, -0.2) is 11.8 Å². The van der Waals surface area contributed by atoms with E-state index in [4.69, 9.17) is 0 Å². The van der Waals surface area contributed by atoms with Gasteiger partial charge in [-0.25, -0.2) is 0 Å². The third-order valence-corrected chi connectivity index (χ3v) is 3.46. The molecule has 2 heteroatoms. The van der Waals surface area contributed by atoms with E-state index >= 15 is 0 Å². The number of phenols is 1.